The number of rotatable bonds is 5. The van der Waals surface area contributed by atoms with Crippen LogP contribution in [-0.2, 0) is 4.79 Å². The van der Waals surface area contributed by atoms with Crippen LogP contribution in [0.15, 0.2) is 12.1 Å². The molecule has 0 saturated carbocycles. The van der Waals surface area contributed by atoms with E-state index in [9.17, 15) is 14.9 Å². The quantitative estimate of drug-likeness (QED) is 0.561. The highest BCUT2D eigenvalue weighted by atomic mass is 16.6. The van der Waals surface area contributed by atoms with Gasteiger partial charge in [0.05, 0.1) is 6.61 Å². The molecule has 1 aromatic heterocycles. The van der Waals surface area contributed by atoms with Crippen molar-refractivity contribution < 1.29 is 14.5 Å². The molecule has 0 atom stereocenters. The van der Waals surface area contributed by atoms with E-state index in [2.05, 4.69) is 4.98 Å². The maximum Gasteiger partial charge on any atom is 0.406 e. The van der Waals surface area contributed by atoms with Crippen molar-refractivity contribution in [3.05, 3.63) is 27.9 Å². The Morgan fingerprint density at radius 3 is 2.81 bits per heavy atom. The second-order valence-electron chi connectivity index (χ2n) is 3.33. The molecule has 0 N–H and O–H groups in total. The summed E-state index contributed by atoms with van der Waals surface area (Å²) in [6.45, 7) is 3.22. The number of pyridine rings is 1. The number of carbonyl (C=O) groups excluding carboxylic acids is 1. The fourth-order valence-electron chi connectivity index (χ4n) is 1.08. The average molecular weight is 224 g/mol. The van der Waals surface area contributed by atoms with Gasteiger partial charge in [0.25, 0.3) is 0 Å². The summed E-state index contributed by atoms with van der Waals surface area (Å²) in [6.07, 6.45) is 0.227. The Kier molecular flexibility index (Phi) is 3.93. The Labute approximate surface area is 92.4 Å². The molecule has 0 spiro atoms. The van der Waals surface area contributed by atoms with Gasteiger partial charge < -0.3 is 14.9 Å². The summed E-state index contributed by atoms with van der Waals surface area (Å²) in [7, 11) is 0. The number of nitro groups is 1. The Balaban J connectivity index is 2.78. The smallest absolute Gasteiger partial charge is 0.406 e. The lowest BCUT2D eigenvalue weighted by atomic mass is 10.3. The number of ketones is 1. The minimum absolute atomic E-state index is 0.0253. The van der Waals surface area contributed by atoms with E-state index in [-0.39, 0.29) is 30.4 Å². The summed E-state index contributed by atoms with van der Waals surface area (Å²) in [5.74, 6) is -0.247. The number of ether oxygens (including phenoxy) is 1. The molecule has 0 radical (unpaired) electrons. The van der Waals surface area contributed by atoms with E-state index >= 15 is 0 Å². The van der Waals surface area contributed by atoms with E-state index in [4.69, 9.17) is 4.74 Å². The molecule has 1 heterocycles. The van der Waals surface area contributed by atoms with Gasteiger partial charge in [0.1, 0.15) is 11.5 Å². The Morgan fingerprint density at radius 2 is 2.25 bits per heavy atom. The van der Waals surface area contributed by atoms with E-state index < -0.39 is 4.92 Å². The topological polar surface area (TPSA) is 82.3 Å². The fourth-order valence-corrected chi connectivity index (χ4v) is 1.08. The van der Waals surface area contributed by atoms with Gasteiger partial charge in [-0.3, -0.25) is 4.79 Å². The van der Waals surface area contributed by atoms with Gasteiger partial charge in [-0.05, 0) is 29.0 Å². The van der Waals surface area contributed by atoms with Crippen molar-refractivity contribution in [1.82, 2.24) is 4.98 Å². The third kappa shape index (κ3) is 3.30. The van der Waals surface area contributed by atoms with Gasteiger partial charge in [-0.15, -0.1) is 0 Å². The first kappa shape index (κ1) is 12.1. The summed E-state index contributed by atoms with van der Waals surface area (Å²) < 4.78 is 5.14. The van der Waals surface area contributed by atoms with Crippen LogP contribution in [0, 0.1) is 17.0 Å². The molecule has 0 aromatic carbocycles. The normalized spacial score (nSPS) is 9.88. The largest absolute Gasteiger partial charge is 0.485 e. The summed E-state index contributed by atoms with van der Waals surface area (Å²) in [4.78, 5) is 24.5. The van der Waals surface area contributed by atoms with E-state index in [1.807, 2.05) is 0 Å². The van der Waals surface area contributed by atoms with Gasteiger partial charge in [-0.2, -0.15) is 0 Å². The van der Waals surface area contributed by atoms with Crippen LogP contribution in [0.5, 0.6) is 5.75 Å². The number of aromatic nitrogens is 1. The van der Waals surface area contributed by atoms with Crippen LogP contribution >= 0.6 is 0 Å². The maximum absolute atomic E-state index is 10.7. The molecule has 6 nitrogen and oxygen atoms in total. The van der Waals surface area contributed by atoms with Crippen molar-refractivity contribution >= 4 is 11.6 Å². The average Bonchev–Trinajstić information content (AvgIpc) is 2.19. The number of hydrogen-bond acceptors (Lipinski definition) is 5. The molecule has 0 bridgehead atoms. The highest BCUT2D eigenvalue weighted by Gasteiger charge is 2.17. The molecular formula is C10H12N2O4. The van der Waals surface area contributed by atoms with Gasteiger partial charge in [0.15, 0.2) is 0 Å². The molecule has 1 aromatic rings. The van der Waals surface area contributed by atoms with Crippen LogP contribution in [0.1, 0.15) is 19.0 Å². The molecule has 0 saturated heterocycles. The molecule has 0 amide bonds. The molecule has 0 fully saturated rings. The monoisotopic (exact) mass is 224 g/mol. The summed E-state index contributed by atoms with van der Waals surface area (Å²) in [5.41, 5.74) is 0.547. The highest BCUT2D eigenvalue weighted by molar-refractivity contribution is 5.75. The number of Topliss-reactive ketones (excluding diaryl/α,β-unsaturated/α-hetero) is 1. The number of aryl methyl sites for hydroxylation is 1. The van der Waals surface area contributed by atoms with Crippen LogP contribution in [0.2, 0.25) is 0 Å². The highest BCUT2D eigenvalue weighted by Crippen LogP contribution is 2.24. The van der Waals surface area contributed by atoms with Gasteiger partial charge in [-0.25, -0.2) is 0 Å². The lowest BCUT2D eigenvalue weighted by molar-refractivity contribution is -0.390. The van der Waals surface area contributed by atoms with Crippen LogP contribution in [0.4, 0.5) is 5.82 Å². The Hall–Kier alpha value is -1.98. The van der Waals surface area contributed by atoms with Gasteiger partial charge in [0.2, 0.25) is 5.75 Å². The third-order valence-corrected chi connectivity index (χ3v) is 1.86. The molecule has 86 valence electrons. The second kappa shape index (κ2) is 5.20. The molecule has 1 rings (SSSR count). The predicted octanol–water partition coefficient (Wildman–Crippen LogP) is 1.66. The summed E-state index contributed by atoms with van der Waals surface area (Å²) >= 11 is 0. The maximum atomic E-state index is 10.7. The lowest BCUT2D eigenvalue weighted by Crippen LogP contribution is -2.05. The number of nitrogens with zero attached hydrogens (tertiary/aromatic N) is 2. The van der Waals surface area contributed by atoms with Crippen molar-refractivity contribution in [2.75, 3.05) is 6.61 Å². The van der Waals surface area contributed by atoms with E-state index in [1.54, 1.807) is 13.0 Å². The summed E-state index contributed by atoms with van der Waals surface area (Å²) in [5, 5.41) is 10.7. The standard InChI is InChI=1S/C10H12N2O4/c1-7-3-4-9(10(11-7)12(14)15)16-6-5-8(2)13/h3-4H,5-6H2,1-2H3. The number of carbonyl (C=O) groups is 1. The van der Waals surface area contributed by atoms with Crippen molar-refractivity contribution in [2.24, 2.45) is 0 Å². The Morgan fingerprint density at radius 1 is 1.56 bits per heavy atom. The third-order valence-electron chi connectivity index (χ3n) is 1.86. The SMILES string of the molecule is CC(=O)CCOc1ccc(C)nc1[N+](=O)[O-]. The minimum atomic E-state index is -0.601. The first-order chi connectivity index (χ1) is 7.50. The van der Waals surface area contributed by atoms with Crippen LogP contribution in [0.3, 0.4) is 0 Å². The molecular weight excluding hydrogens is 212 g/mol. The molecule has 0 unspecified atom stereocenters. The molecule has 0 aliphatic rings. The van der Waals surface area contributed by atoms with Gasteiger partial charge in [0, 0.05) is 13.3 Å². The van der Waals surface area contributed by atoms with Gasteiger partial charge >= 0.3 is 5.82 Å². The minimum Gasteiger partial charge on any atom is -0.485 e. The molecule has 16 heavy (non-hydrogen) atoms. The molecule has 0 aliphatic heterocycles. The zero-order valence-corrected chi connectivity index (χ0v) is 9.10. The van der Waals surface area contributed by atoms with Crippen molar-refractivity contribution in [3.63, 3.8) is 0 Å². The number of hydrogen-bond donors (Lipinski definition) is 0. The van der Waals surface area contributed by atoms with E-state index in [0.29, 0.717) is 5.69 Å². The zero-order valence-electron chi connectivity index (χ0n) is 9.10. The Bertz CT molecular complexity index is 417. The van der Waals surface area contributed by atoms with Crippen LogP contribution in [0.25, 0.3) is 0 Å². The lowest BCUT2D eigenvalue weighted by Gasteiger charge is -2.04. The van der Waals surface area contributed by atoms with Crippen LogP contribution < -0.4 is 4.74 Å². The van der Waals surface area contributed by atoms with Crippen molar-refractivity contribution in [1.29, 1.82) is 0 Å². The van der Waals surface area contributed by atoms with Crippen molar-refractivity contribution in [3.8, 4) is 5.75 Å². The van der Waals surface area contributed by atoms with Gasteiger partial charge in [-0.1, -0.05) is 0 Å². The zero-order chi connectivity index (χ0) is 12.1. The van der Waals surface area contributed by atoms with Crippen LogP contribution in [-0.4, -0.2) is 22.3 Å². The molecule has 6 heteroatoms. The fraction of sp³-hybridized carbons (Fsp3) is 0.400. The van der Waals surface area contributed by atoms with E-state index in [0.717, 1.165) is 0 Å². The molecule has 0 aliphatic carbocycles. The first-order valence-corrected chi connectivity index (χ1v) is 4.75. The predicted molar refractivity (Wildman–Crippen MR) is 56.4 cm³/mol. The summed E-state index contributed by atoms with van der Waals surface area (Å²) in [6, 6.07) is 3.11. The van der Waals surface area contributed by atoms with Crippen molar-refractivity contribution in [2.45, 2.75) is 20.3 Å². The van der Waals surface area contributed by atoms with E-state index in [1.165, 1.54) is 13.0 Å². The first-order valence-electron chi connectivity index (χ1n) is 4.75. The second-order valence-corrected chi connectivity index (χ2v) is 3.33.